The minimum Gasteiger partial charge on any atom is -0.493 e. The summed E-state index contributed by atoms with van der Waals surface area (Å²) in [6, 6.07) is 10.5. The van der Waals surface area contributed by atoms with E-state index in [1.165, 1.54) is 18.7 Å². The number of benzene rings is 2. The molecule has 1 amide bonds. The number of hydrogen-bond donors (Lipinski definition) is 1. The quantitative estimate of drug-likeness (QED) is 0.351. The molecule has 0 bridgehead atoms. The van der Waals surface area contributed by atoms with Crippen molar-refractivity contribution in [1.82, 2.24) is 14.8 Å². The van der Waals surface area contributed by atoms with Crippen molar-refractivity contribution in [1.29, 1.82) is 0 Å². The minimum absolute atomic E-state index is 0.0594. The molecule has 0 atom stereocenters. The largest absolute Gasteiger partial charge is 0.493 e. The highest BCUT2D eigenvalue weighted by atomic mass is 32.2. The summed E-state index contributed by atoms with van der Waals surface area (Å²) in [5.74, 6) is 2.01. The second-order valence-corrected chi connectivity index (χ2v) is 7.88. The third kappa shape index (κ3) is 5.46. The highest BCUT2D eigenvalue weighted by molar-refractivity contribution is 7.99. The molecule has 0 aliphatic carbocycles. The van der Waals surface area contributed by atoms with E-state index in [4.69, 9.17) is 14.2 Å². The van der Waals surface area contributed by atoms with Gasteiger partial charge in [-0.25, -0.2) is 0 Å². The van der Waals surface area contributed by atoms with Gasteiger partial charge in [-0.1, -0.05) is 23.9 Å². The number of ether oxygens (including phenoxy) is 3. The molecule has 3 aromatic rings. The molecule has 0 saturated heterocycles. The van der Waals surface area contributed by atoms with Gasteiger partial charge in [-0.05, 0) is 38.1 Å². The minimum atomic E-state index is -0.208. The monoisotopic (exact) mass is 470 g/mol. The third-order valence-corrected chi connectivity index (χ3v) is 5.81. The smallest absolute Gasteiger partial charge is 0.234 e. The van der Waals surface area contributed by atoms with Gasteiger partial charge in [0.1, 0.15) is 0 Å². The zero-order chi connectivity index (χ0) is 24.0. The Morgan fingerprint density at radius 3 is 2.30 bits per heavy atom. The Balaban J connectivity index is 1.78. The summed E-state index contributed by atoms with van der Waals surface area (Å²) >= 11 is 1.28. The number of carbonyl (C=O) groups is 2. The second-order valence-electron chi connectivity index (χ2n) is 6.94. The molecule has 2 aromatic carbocycles. The SMILES string of the molecule is CCn1c(SCC(=O)Nc2cccc(C(C)=O)c2)nnc1-c1cc(OC)c(OC)c(OC)c1. The van der Waals surface area contributed by atoms with Crippen molar-refractivity contribution in [2.24, 2.45) is 0 Å². The van der Waals surface area contributed by atoms with Crippen LogP contribution in [0.25, 0.3) is 11.4 Å². The van der Waals surface area contributed by atoms with Crippen LogP contribution in [0.1, 0.15) is 24.2 Å². The fourth-order valence-corrected chi connectivity index (χ4v) is 4.05. The Kier molecular flexibility index (Phi) is 7.94. The lowest BCUT2D eigenvalue weighted by molar-refractivity contribution is -0.113. The molecular formula is C23H26N4O5S. The summed E-state index contributed by atoms with van der Waals surface area (Å²) in [6.07, 6.45) is 0. The molecular weight excluding hydrogens is 444 g/mol. The lowest BCUT2D eigenvalue weighted by atomic mass is 10.1. The molecule has 33 heavy (non-hydrogen) atoms. The Bertz CT molecular complexity index is 1140. The highest BCUT2D eigenvalue weighted by Crippen LogP contribution is 2.41. The van der Waals surface area contributed by atoms with E-state index in [1.807, 2.05) is 11.5 Å². The zero-order valence-electron chi connectivity index (χ0n) is 19.2. The van der Waals surface area contributed by atoms with Crippen LogP contribution in [0, 0.1) is 0 Å². The van der Waals surface area contributed by atoms with Gasteiger partial charge in [-0.15, -0.1) is 10.2 Å². The van der Waals surface area contributed by atoms with E-state index in [1.54, 1.807) is 57.7 Å². The van der Waals surface area contributed by atoms with E-state index in [0.29, 0.717) is 46.0 Å². The first-order chi connectivity index (χ1) is 15.9. The highest BCUT2D eigenvalue weighted by Gasteiger charge is 2.19. The molecule has 0 radical (unpaired) electrons. The van der Waals surface area contributed by atoms with Crippen LogP contribution in [-0.2, 0) is 11.3 Å². The van der Waals surface area contributed by atoms with Crippen molar-refractivity contribution in [3.05, 3.63) is 42.0 Å². The number of ketones is 1. The van der Waals surface area contributed by atoms with Crippen LogP contribution in [-0.4, -0.2) is 53.5 Å². The number of anilines is 1. The summed E-state index contributed by atoms with van der Waals surface area (Å²) < 4.78 is 18.2. The van der Waals surface area contributed by atoms with Crippen molar-refractivity contribution < 1.29 is 23.8 Å². The molecule has 0 fully saturated rings. The topological polar surface area (TPSA) is 105 Å². The third-order valence-electron chi connectivity index (χ3n) is 4.84. The lowest BCUT2D eigenvalue weighted by Crippen LogP contribution is -2.15. The van der Waals surface area contributed by atoms with Gasteiger partial charge in [0.05, 0.1) is 27.1 Å². The molecule has 1 aromatic heterocycles. The van der Waals surface area contributed by atoms with E-state index < -0.39 is 0 Å². The number of Topliss-reactive ketones (excluding diaryl/α,β-unsaturated/α-hetero) is 1. The van der Waals surface area contributed by atoms with Gasteiger partial charge in [-0.3, -0.25) is 9.59 Å². The van der Waals surface area contributed by atoms with E-state index in [-0.39, 0.29) is 17.4 Å². The number of nitrogens with one attached hydrogen (secondary N) is 1. The summed E-state index contributed by atoms with van der Waals surface area (Å²) in [5.41, 5.74) is 1.86. The van der Waals surface area contributed by atoms with Crippen LogP contribution in [0.3, 0.4) is 0 Å². The maximum Gasteiger partial charge on any atom is 0.234 e. The summed E-state index contributed by atoms with van der Waals surface area (Å²) in [4.78, 5) is 24.0. The number of rotatable bonds is 10. The normalized spacial score (nSPS) is 10.6. The van der Waals surface area contributed by atoms with E-state index in [9.17, 15) is 9.59 Å². The maximum atomic E-state index is 12.5. The van der Waals surface area contributed by atoms with Crippen molar-refractivity contribution >= 4 is 29.1 Å². The number of thioether (sulfide) groups is 1. The molecule has 0 aliphatic heterocycles. The molecule has 0 saturated carbocycles. The summed E-state index contributed by atoms with van der Waals surface area (Å²) in [5, 5.41) is 12.0. The van der Waals surface area contributed by atoms with Gasteiger partial charge < -0.3 is 24.1 Å². The lowest BCUT2D eigenvalue weighted by Gasteiger charge is -2.14. The summed E-state index contributed by atoms with van der Waals surface area (Å²) in [6.45, 7) is 4.06. The number of nitrogens with zero attached hydrogens (tertiary/aromatic N) is 3. The fraction of sp³-hybridized carbons (Fsp3) is 0.304. The van der Waals surface area contributed by atoms with Crippen molar-refractivity contribution in [3.8, 4) is 28.6 Å². The average Bonchev–Trinajstić information content (AvgIpc) is 3.24. The van der Waals surface area contributed by atoms with Crippen LogP contribution in [0.15, 0.2) is 41.6 Å². The average molecular weight is 471 g/mol. The predicted molar refractivity (Wildman–Crippen MR) is 127 cm³/mol. The number of methoxy groups -OCH3 is 3. The van der Waals surface area contributed by atoms with Crippen LogP contribution in [0.4, 0.5) is 5.69 Å². The molecule has 0 spiro atoms. The zero-order valence-corrected chi connectivity index (χ0v) is 20.0. The molecule has 1 N–H and O–H groups in total. The number of carbonyl (C=O) groups excluding carboxylic acids is 2. The first-order valence-electron chi connectivity index (χ1n) is 10.2. The van der Waals surface area contributed by atoms with Crippen LogP contribution >= 0.6 is 11.8 Å². The number of hydrogen-bond acceptors (Lipinski definition) is 8. The fourth-order valence-electron chi connectivity index (χ4n) is 3.25. The van der Waals surface area contributed by atoms with Crippen LogP contribution < -0.4 is 19.5 Å². The predicted octanol–water partition coefficient (Wildman–Crippen LogP) is 3.92. The van der Waals surface area contributed by atoms with Gasteiger partial charge >= 0.3 is 0 Å². The summed E-state index contributed by atoms with van der Waals surface area (Å²) in [7, 11) is 4.65. The molecule has 3 rings (SSSR count). The molecule has 0 aliphatic rings. The first-order valence-corrected chi connectivity index (χ1v) is 11.2. The first kappa shape index (κ1) is 24.1. The Morgan fingerprint density at radius 2 is 1.73 bits per heavy atom. The van der Waals surface area contributed by atoms with E-state index >= 15 is 0 Å². The molecule has 9 nitrogen and oxygen atoms in total. The number of aromatic nitrogens is 3. The van der Waals surface area contributed by atoms with E-state index in [2.05, 4.69) is 15.5 Å². The Hall–Kier alpha value is -3.53. The molecule has 174 valence electrons. The van der Waals surface area contributed by atoms with Gasteiger partial charge in [0.2, 0.25) is 11.7 Å². The van der Waals surface area contributed by atoms with E-state index in [0.717, 1.165) is 5.56 Å². The Morgan fingerprint density at radius 1 is 1.03 bits per heavy atom. The van der Waals surface area contributed by atoms with Gasteiger partial charge in [0.25, 0.3) is 0 Å². The van der Waals surface area contributed by atoms with Crippen LogP contribution in [0.2, 0.25) is 0 Å². The van der Waals surface area contributed by atoms with Gasteiger partial charge in [-0.2, -0.15) is 0 Å². The van der Waals surface area contributed by atoms with Gasteiger partial charge in [0, 0.05) is 23.4 Å². The van der Waals surface area contributed by atoms with Crippen LogP contribution in [0.5, 0.6) is 17.2 Å². The molecule has 10 heteroatoms. The number of amides is 1. The molecule has 0 unspecified atom stereocenters. The van der Waals surface area contributed by atoms with Crippen molar-refractivity contribution in [3.63, 3.8) is 0 Å². The molecule has 1 heterocycles. The Labute approximate surface area is 196 Å². The maximum absolute atomic E-state index is 12.5. The van der Waals surface area contributed by atoms with Gasteiger partial charge in [0.15, 0.2) is 28.3 Å². The standard InChI is InChI=1S/C23H26N4O5S/c1-6-27-22(16-11-18(30-3)21(32-5)19(12-16)31-4)25-26-23(27)33-13-20(29)24-17-9-7-8-15(10-17)14(2)28/h7-12H,6,13H2,1-5H3,(H,24,29). The second kappa shape index (κ2) is 10.9. The van der Waals surface area contributed by atoms with Crippen molar-refractivity contribution in [2.75, 3.05) is 32.4 Å². The van der Waals surface area contributed by atoms with Crippen molar-refractivity contribution in [2.45, 2.75) is 25.5 Å².